The van der Waals surface area contributed by atoms with Crippen LogP contribution in [0.25, 0.3) is 0 Å². The first-order chi connectivity index (χ1) is 21.2. The zero-order valence-electron chi connectivity index (χ0n) is 30.0. The molecule has 0 aliphatic heterocycles. The van der Waals surface area contributed by atoms with E-state index in [0.29, 0.717) is 33.6 Å². The normalized spacial score (nSPS) is 22.9. The molecule has 0 unspecified atom stereocenters. The molecule has 6 nitrogen and oxygen atoms in total. The average molecular weight is 712 g/mol. The van der Waals surface area contributed by atoms with Crippen LogP contribution >= 0.6 is 23.2 Å². The summed E-state index contributed by atoms with van der Waals surface area (Å²) >= 11 is 11.9. The minimum Gasteiger partial charge on any atom is -0.488 e. The lowest BCUT2D eigenvalue weighted by atomic mass is 9.95. The van der Waals surface area contributed by atoms with Crippen LogP contribution in [0, 0.1) is 0 Å². The van der Waals surface area contributed by atoms with Crippen molar-refractivity contribution in [2.24, 2.45) is 0 Å². The molecule has 0 amide bonds. The van der Waals surface area contributed by atoms with Crippen molar-refractivity contribution in [1.82, 2.24) is 0 Å². The van der Waals surface area contributed by atoms with E-state index in [2.05, 4.69) is 67.7 Å². The molecule has 2 aliphatic rings. The summed E-state index contributed by atoms with van der Waals surface area (Å²) in [5.41, 5.74) is 13.2. The van der Waals surface area contributed by atoms with Crippen molar-refractivity contribution in [1.29, 1.82) is 0 Å². The van der Waals surface area contributed by atoms with Gasteiger partial charge in [-0.15, -0.1) is 0 Å². The Morgan fingerprint density at radius 3 is 1.09 bits per heavy atom. The quantitative estimate of drug-likeness (QED) is 0.209. The zero-order chi connectivity index (χ0) is 34.5. The molecule has 0 bridgehead atoms. The van der Waals surface area contributed by atoms with Crippen molar-refractivity contribution in [3.05, 3.63) is 46.4 Å². The Kier molecular flexibility index (Phi) is 13.4. The van der Waals surface area contributed by atoms with E-state index in [0.717, 1.165) is 62.9 Å². The maximum Gasteiger partial charge on any atom is 0.192 e. The number of hydrogen-bond donors (Lipinski definition) is 2. The predicted molar refractivity (Wildman–Crippen MR) is 202 cm³/mol. The van der Waals surface area contributed by atoms with E-state index >= 15 is 0 Å². The Hall–Kier alpha value is -1.43. The van der Waals surface area contributed by atoms with Gasteiger partial charge >= 0.3 is 0 Å². The number of halogens is 2. The molecule has 260 valence electrons. The Labute approximate surface area is 291 Å². The lowest BCUT2D eigenvalue weighted by Crippen LogP contribution is -2.45. The van der Waals surface area contributed by atoms with Crippen LogP contribution < -0.4 is 20.9 Å². The van der Waals surface area contributed by atoms with Gasteiger partial charge in [-0.05, 0) is 124 Å². The second kappa shape index (κ2) is 15.9. The van der Waals surface area contributed by atoms with Gasteiger partial charge in [0.2, 0.25) is 0 Å². The Balaban J connectivity index is 0.000000250. The van der Waals surface area contributed by atoms with Gasteiger partial charge in [-0.25, -0.2) is 0 Å². The topological polar surface area (TPSA) is 89.0 Å². The van der Waals surface area contributed by atoms with Gasteiger partial charge in [0.25, 0.3) is 0 Å². The number of hydrogen-bond acceptors (Lipinski definition) is 6. The molecule has 10 heteroatoms. The number of ether oxygens (including phenoxy) is 2. The van der Waals surface area contributed by atoms with Crippen LogP contribution in [0.2, 0.25) is 46.3 Å². The van der Waals surface area contributed by atoms with Gasteiger partial charge in [0.05, 0.1) is 23.6 Å². The molecular weight excluding hydrogens is 651 g/mol. The summed E-state index contributed by atoms with van der Waals surface area (Å²) < 4.78 is 25.2. The molecule has 0 atom stereocenters. The Bertz CT molecular complexity index is 1170. The number of benzene rings is 2. The van der Waals surface area contributed by atoms with E-state index in [-0.39, 0.29) is 22.3 Å². The molecule has 0 saturated heterocycles. The summed E-state index contributed by atoms with van der Waals surface area (Å²) in [6, 6.07) is 10.8. The van der Waals surface area contributed by atoms with Gasteiger partial charge in [-0.1, -0.05) is 64.7 Å². The number of nitrogens with two attached hydrogens (primary N) is 2. The number of rotatable bonds is 8. The minimum atomic E-state index is -1.68. The molecule has 4 N–H and O–H groups in total. The molecule has 2 fully saturated rings. The molecule has 2 saturated carbocycles. The maximum absolute atomic E-state index is 6.52. The summed E-state index contributed by atoms with van der Waals surface area (Å²) in [5.74, 6) is 1.48. The van der Waals surface area contributed by atoms with E-state index in [1.54, 1.807) is 12.1 Å². The molecule has 4 rings (SSSR count). The van der Waals surface area contributed by atoms with Crippen molar-refractivity contribution in [2.75, 3.05) is 11.5 Å². The van der Waals surface area contributed by atoms with Gasteiger partial charge in [0.1, 0.15) is 11.5 Å². The molecular formula is C36H60Cl2N2O4Si2. The molecule has 0 heterocycles. The lowest BCUT2D eigenvalue weighted by molar-refractivity contribution is 0.0729. The Morgan fingerprint density at radius 2 is 0.826 bits per heavy atom. The molecule has 2 aliphatic carbocycles. The van der Waals surface area contributed by atoms with E-state index in [9.17, 15) is 0 Å². The molecule has 2 aromatic rings. The number of anilines is 2. The molecule has 0 radical (unpaired) electrons. The summed E-state index contributed by atoms with van der Waals surface area (Å²) in [5, 5.41) is 1.80. The summed E-state index contributed by atoms with van der Waals surface area (Å²) in [7, 11) is -3.36. The van der Waals surface area contributed by atoms with Crippen LogP contribution in [-0.4, -0.2) is 41.1 Å². The second-order valence-corrected chi connectivity index (χ2v) is 26.5. The first kappa shape index (κ1) is 39.0. The minimum absolute atomic E-state index is 0.220. The lowest BCUT2D eigenvalue weighted by Gasteiger charge is -2.41. The van der Waals surface area contributed by atoms with Crippen molar-refractivity contribution >= 4 is 51.2 Å². The largest absolute Gasteiger partial charge is 0.488 e. The number of nitrogen functional groups attached to an aromatic ring is 2. The van der Waals surface area contributed by atoms with Crippen molar-refractivity contribution in [3.63, 3.8) is 0 Å². The molecule has 46 heavy (non-hydrogen) atoms. The fourth-order valence-corrected chi connectivity index (χ4v) is 8.54. The van der Waals surface area contributed by atoms with Crippen LogP contribution in [0.1, 0.15) is 92.9 Å². The van der Waals surface area contributed by atoms with E-state index in [4.69, 9.17) is 53.0 Å². The predicted octanol–water partition coefficient (Wildman–Crippen LogP) is 11.3. The first-order valence-corrected chi connectivity index (χ1v) is 23.5. The van der Waals surface area contributed by atoms with E-state index in [1.807, 2.05) is 24.3 Å². The smallest absolute Gasteiger partial charge is 0.192 e. The van der Waals surface area contributed by atoms with E-state index < -0.39 is 16.6 Å². The second-order valence-electron chi connectivity index (χ2n) is 16.2. The summed E-state index contributed by atoms with van der Waals surface area (Å²) in [6.07, 6.45) is 9.49. The molecule has 0 aromatic heterocycles. The van der Waals surface area contributed by atoms with Crippen LogP contribution in [0.4, 0.5) is 11.4 Å². The van der Waals surface area contributed by atoms with Gasteiger partial charge in [-0.3, -0.25) is 0 Å². The van der Waals surface area contributed by atoms with Crippen molar-refractivity contribution in [2.45, 2.75) is 154 Å². The SMILES string of the molecule is CC(C)(C)[Si](C)(C)OC1CCC(Oc2ccc(Cl)cc2N)CC1.CC(C)(C)[Si](C)(C)OC1CCC(Oc2ccc(Cl)cc2N)CC1. The standard InChI is InChI=1S/2C18H30ClNO2Si/c2*1-18(2,3)23(4,5)22-15-9-7-14(8-10-15)21-17-11-6-13(19)12-16(17)20/h2*6,11-12,14-15H,7-10,20H2,1-5H3. The van der Waals surface area contributed by atoms with Gasteiger partial charge in [0.15, 0.2) is 16.6 Å². The van der Waals surface area contributed by atoms with Crippen LogP contribution in [0.15, 0.2) is 36.4 Å². The molecule has 2 aromatic carbocycles. The fraction of sp³-hybridized carbons (Fsp3) is 0.667. The summed E-state index contributed by atoms with van der Waals surface area (Å²) in [6.45, 7) is 23.0. The van der Waals surface area contributed by atoms with Gasteiger partial charge in [-0.2, -0.15) is 0 Å². The third-order valence-electron chi connectivity index (χ3n) is 10.3. The van der Waals surface area contributed by atoms with Crippen molar-refractivity contribution < 1.29 is 18.3 Å². The average Bonchev–Trinajstić information content (AvgIpc) is 2.93. The fourth-order valence-electron chi connectivity index (χ4n) is 5.34. The van der Waals surface area contributed by atoms with Gasteiger partial charge < -0.3 is 29.8 Å². The Morgan fingerprint density at radius 1 is 0.543 bits per heavy atom. The molecule has 0 spiro atoms. The highest BCUT2D eigenvalue weighted by atomic mass is 35.5. The highest BCUT2D eigenvalue weighted by Crippen LogP contribution is 2.41. The highest BCUT2D eigenvalue weighted by molar-refractivity contribution is 6.74. The van der Waals surface area contributed by atoms with E-state index in [1.165, 1.54) is 0 Å². The van der Waals surface area contributed by atoms with Crippen molar-refractivity contribution in [3.8, 4) is 11.5 Å². The third-order valence-corrected chi connectivity index (χ3v) is 19.8. The monoisotopic (exact) mass is 710 g/mol. The third kappa shape index (κ3) is 11.3. The first-order valence-electron chi connectivity index (χ1n) is 17.0. The van der Waals surface area contributed by atoms with Gasteiger partial charge in [0, 0.05) is 22.3 Å². The van der Waals surface area contributed by atoms with Crippen LogP contribution in [0.5, 0.6) is 11.5 Å². The maximum atomic E-state index is 6.52. The van der Waals surface area contributed by atoms with Crippen LogP contribution in [0.3, 0.4) is 0 Å². The summed E-state index contributed by atoms with van der Waals surface area (Å²) in [4.78, 5) is 0. The van der Waals surface area contributed by atoms with Crippen LogP contribution in [-0.2, 0) is 8.85 Å². The zero-order valence-corrected chi connectivity index (χ0v) is 33.5. The highest BCUT2D eigenvalue weighted by Gasteiger charge is 2.41.